The van der Waals surface area contributed by atoms with Crippen LogP contribution in [0, 0.1) is 17.2 Å². The molecule has 21 heavy (non-hydrogen) atoms. The van der Waals surface area contributed by atoms with Crippen molar-refractivity contribution in [1.82, 2.24) is 0 Å². The Hall–Kier alpha value is -1.05. The first kappa shape index (κ1) is 16.3. The Morgan fingerprint density at radius 1 is 1.29 bits per heavy atom. The number of hydrogen-bond donors (Lipinski definition) is 0. The van der Waals surface area contributed by atoms with Crippen LogP contribution >= 0.6 is 0 Å². The summed E-state index contributed by atoms with van der Waals surface area (Å²) in [4.78, 5) is 0. The molecular weight excluding hydrogens is 263 g/mol. The van der Waals surface area contributed by atoms with Gasteiger partial charge in [0, 0.05) is 0 Å². The monoisotopic (exact) mass is 292 g/mol. The highest BCUT2D eigenvalue weighted by molar-refractivity contribution is 5.39. The lowest BCUT2D eigenvalue weighted by Gasteiger charge is -2.32. The summed E-state index contributed by atoms with van der Waals surface area (Å²) in [7, 11) is 0. The molecule has 0 heterocycles. The molecule has 1 aliphatic rings. The Morgan fingerprint density at radius 3 is 2.43 bits per heavy atom. The van der Waals surface area contributed by atoms with Crippen LogP contribution in [0.3, 0.4) is 0 Å². The van der Waals surface area contributed by atoms with Gasteiger partial charge in [-0.3, -0.25) is 0 Å². The van der Waals surface area contributed by atoms with Crippen molar-refractivity contribution < 1.29 is 9.13 Å². The molecule has 1 atom stereocenters. The van der Waals surface area contributed by atoms with E-state index in [0.717, 1.165) is 24.0 Å². The molecule has 0 bridgehead atoms. The van der Waals surface area contributed by atoms with Crippen molar-refractivity contribution in [2.24, 2.45) is 11.3 Å². The van der Waals surface area contributed by atoms with Crippen LogP contribution in [-0.4, -0.2) is 6.10 Å². The number of ether oxygens (including phenoxy) is 1. The number of benzene rings is 1. The third-order valence-corrected chi connectivity index (χ3v) is 4.43. The molecule has 0 radical (unpaired) electrons. The summed E-state index contributed by atoms with van der Waals surface area (Å²) in [5.74, 6) is 0.888. The molecule has 1 saturated carbocycles. The first-order valence-electron chi connectivity index (χ1n) is 8.28. The van der Waals surface area contributed by atoms with Crippen LogP contribution in [0.1, 0.15) is 65.0 Å². The summed E-state index contributed by atoms with van der Waals surface area (Å²) in [6.07, 6.45) is 5.51. The number of rotatable bonds is 5. The van der Waals surface area contributed by atoms with Gasteiger partial charge in [-0.15, -0.1) is 0 Å². The van der Waals surface area contributed by atoms with Gasteiger partial charge < -0.3 is 4.74 Å². The quantitative estimate of drug-likeness (QED) is 0.692. The van der Waals surface area contributed by atoms with Crippen LogP contribution in [0.5, 0.6) is 5.75 Å². The van der Waals surface area contributed by atoms with E-state index in [2.05, 4.69) is 40.7 Å². The lowest BCUT2D eigenvalue weighted by molar-refractivity contribution is 0.0933. The fourth-order valence-electron chi connectivity index (χ4n) is 2.94. The van der Waals surface area contributed by atoms with Crippen LogP contribution in [-0.2, 0) is 12.8 Å². The minimum atomic E-state index is -0.195. The molecule has 2 rings (SSSR count). The average Bonchev–Trinajstić information content (AvgIpc) is 2.29. The predicted octanol–water partition coefficient (Wildman–Crippen LogP) is 5.54. The Bertz CT molecular complexity index is 483. The van der Waals surface area contributed by atoms with Crippen LogP contribution < -0.4 is 4.74 Å². The standard InChI is InChI=1S/C19H29FO/c1-6-14-10-16(12-19(3,4)5)18(17(20)11-14)21-13(2)15-8-7-9-15/h10-11,13,15H,6-9,12H2,1-5H3. The molecule has 0 aromatic heterocycles. The topological polar surface area (TPSA) is 9.23 Å². The molecule has 0 saturated heterocycles. The van der Waals surface area contributed by atoms with E-state index in [1.807, 2.05) is 0 Å². The molecule has 1 unspecified atom stereocenters. The van der Waals surface area contributed by atoms with Crippen molar-refractivity contribution >= 4 is 0 Å². The highest BCUT2D eigenvalue weighted by atomic mass is 19.1. The van der Waals surface area contributed by atoms with E-state index in [0.29, 0.717) is 11.7 Å². The van der Waals surface area contributed by atoms with E-state index in [1.54, 1.807) is 6.07 Å². The van der Waals surface area contributed by atoms with Crippen molar-refractivity contribution in [3.8, 4) is 5.75 Å². The Morgan fingerprint density at radius 2 is 1.95 bits per heavy atom. The first-order chi connectivity index (χ1) is 9.80. The molecule has 0 spiro atoms. The fraction of sp³-hybridized carbons (Fsp3) is 0.684. The molecule has 1 aliphatic carbocycles. The maximum atomic E-state index is 14.5. The maximum absolute atomic E-state index is 14.5. The highest BCUT2D eigenvalue weighted by Crippen LogP contribution is 2.36. The largest absolute Gasteiger partial charge is 0.487 e. The molecule has 0 aliphatic heterocycles. The van der Waals surface area contributed by atoms with Gasteiger partial charge in [-0.1, -0.05) is 40.2 Å². The summed E-state index contributed by atoms with van der Waals surface area (Å²) in [5.41, 5.74) is 2.19. The van der Waals surface area contributed by atoms with Crippen LogP contribution in [0.4, 0.5) is 4.39 Å². The van der Waals surface area contributed by atoms with Gasteiger partial charge in [-0.2, -0.15) is 0 Å². The van der Waals surface area contributed by atoms with E-state index in [9.17, 15) is 4.39 Å². The van der Waals surface area contributed by atoms with Crippen molar-refractivity contribution in [2.45, 2.75) is 72.8 Å². The van der Waals surface area contributed by atoms with Gasteiger partial charge in [0.25, 0.3) is 0 Å². The summed E-state index contributed by atoms with van der Waals surface area (Å²) in [6.45, 7) is 10.7. The third kappa shape index (κ3) is 4.21. The number of aryl methyl sites for hydroxylation is 1. The molecule has 0 N–H and O–H groups in total. The van der Waals surface area contributed by atoms with E-state index in [1.165, 1.54) is 19.3 Å². The first-order valence-corrected chi connectivity index (χ1v) is 8.28. The van der Waals surface area contributed by atoms with Crippen LogP contribution in [0.25, 0.3) is 0 Å². The summed E-state index contributed by atoms with van der Waals surface area (Å²) < 4.78 is 20.5. The molecule has 1 nitrogen and oxygen atoms in total. The lowest BCUT2D eigenvalue weighted by atomic mass is 9.81. The van der Waals surface area contributed by atoms with Gasteiger partial charge in [0.1, 0.15) is 0 Å². The van der Waals surface area contributed by atoms with Gasteiger partial charge in [0.2, 0.25) is 0 Å². The zero-order valence-electron chi connectivity index (χ0n) is 14.1. The summed E-state index contributed by atoms with van der Waals surface area (Å²) in [6, 6.07) is 3.76. The van der Waals surface area contributed by atoms with E-state index in [-0.39, 0.29) is 17.3 Å². The van der Waals surface area contributed by atoms with Crippen molar-refractivity contribution in [1.29, 1.82) is 0 Å². The van der Waals surface area contributed by atoms with Crippen LogP contribution in [0.2, 0.25) is 0 Å². The Kier molecular flexibility index (Phi) is 4.95. The maximum Gasteiger partial charge on any atom is 0.165 e. The van der Waals surface area contributed by atoms with E-state index in [4.69, 9.17) is 4.74 Å². The number of halogens is 1. The highest BCUT2D eigenvalue weighted by Gasteiger charge is 2.27. The summed E-state index contributed by atoms with van der Waals surface area (Å²) >= 11 is 0. The molecule has 2 heteroatoms. The molecule has 0 amide bonds. The van der Waals surface area contributed by atoms with Crippen molar-refractivity contribution in [3.05, 3.63) is 29.1 Å². The second-order valence-electron chi connectivity index (χ2n) is 7.67. The van der Waals surface area contributed by atoms with Gasteiger partial charge in [0.15, 0.2) is 11.6 Å². The predicted molar refractivity (Wildman–Crippen MR) is 86.4 cm³/mol. The molecule has 1 aromatic carbocycles. The summed E-state index contributed by atoms with van der Waals surface area (Å²) in [5, 5.41) is 0. The minimum absolute atomic E-state index is 0.111. The molecule has 1 fully saturated rings. The van der Waals surface area contributed by atoms with Crippen molar-refractivity contribution in [2.75, 3.05) is 0 Å². The lowest BCUT2D eigenvalue weighted by Crippen LogP contribution is -2.30. The second kappa shape index (κ2) is 6.37. The second-order valence-corrected chi connectivity index (χ2v) is 7.67. The normalized spacial score (nSPS) is 17.4. The van der Waals surface area contributed by atoms with Gasteiger partial charge >= 0.3 is 0 Å². The zero-order valence-corrected chi connectivity index (χ0v) is 14.1. The Balaban J connectivity index is 2.27. The SMILES string of the molecule is CCc1cc(F)c(OC(C)C2CCC2)c(CC(C)(C)C)c1. The van der Waals surface area contributed by atoms with Crippen molar-refractivity contribution in [3.63, 3.8) is 0 Å². The van der Waals surface area contributed by atoms with Gasteiger partial charge in [-0.25, -0.2) is 4.39 Å². The van der Waals surface area contributed by atoms with E-state index < -0.39 is 0 Å². The molecular formula is C19H29FO. The molecule has 1 aromatic rings. The smallest absolute Gasteiger partial charge is 0.165 e. The van der Waals surface area contributed by atoms with Gasteiger partial charge in [-0.05, 0) is 61.1 Å². The Labute approximate surface area is 128 Å². The fourth-order valence-corrected chi connectivity index (χ4v) is 2.94. The molecule has 118 valence electrons. The minimum Gasteiger partial charge on any atom is -0.487 e. The van der Waals surface area contributed by atoms with E-state index >= 15 is 0 Å². The van der Waals surface area contributed by atoms with Crippen LogP contribution in [0.15, 0.2) is 12.1 Å². The number of hydrogen-bond acceptors (Lipinski definition) is 1. The average molecular weight is 292 g/mol. The zero-order chi connectivity index (χ0) is 15.6. The van der Waals surface area contributed by atoms with Gasteiger partial charge in [0.05, 0.1) is 6.10 Å². The third-order valence-electron chi connectivity index (χ3n) is 4.43.